The topological polar surface area (TPSA) is 53.3 Å². The number of nitriles is 1. The number of nitrogens with zero attached hydrogens (tertiary/aromatic N) is 2. The Balaban J connectivity index is 3.97. The standard InChI is InChI=1S/C24H38N2O2/c1-4-7-8-9-10-11-12-13-14-15-21-28-24(27)23(22-25)17-16-20-26(18-5-2)19-6-3/h5-6,16-17,20H,2-4,7-15,18-19,21H2,1H3/b20-16+,23-17-. The molecule has 0 N–H and O–H groups in total. The molecule has 0 heterocycles. The molecule has 0 saturated heterocycles. The van der Waals surface area contributed by atoms with E-state index in [1.165, 1.54) is 57.4 Å². The van der Waals surface area contributed by atoms with Crippen LogP contribution in [0.15, 0.2) is 49.2 Å². The maximum Gasteiger partial charge on any atom is 0.348 e. The third-order valence-corrected chi connectivity index (χ3v) is 4.36. The largest absolute Gasteiger partial charge is 0.462 e. The maximum absolute atomic E-state index is 12.0. The highest BCUT2D eigenvalue weighted by atomic mass is 16.5. The first kappa shape index (κ1) is 25.7. The third-order valence-electron chi connectivity index (χ3n) is 4.36. The predicted octanol–water partition coefficient (Wildman–Crippen LogP) is 6.09. The van der Waals surface area contributed by atoms with Gasteiger partial charge in [0, 0.05) is 13.1 Å². The second kappa shape index (κ2) is 19.5. The summed E-state index contributed by atoms with van der Waals surface area (Å²) in [7, 11) is 0. The van der Waals surface area contributed by atoms with E-state index in [4.69, 9.17) is 10.00 Å². The van der Waals surface area contributed by atoms with Gasteiger partial charge in [-0.1, -0.05) is 76.9 Å². The van der Waals surface area contributed by atoms with Crippen LogP contribution in [0.5, 0.6) is 0 Å². The van der Waals surface area contributed by atoms with Crippen LogP contribution in [0.4, 0.5) is 0 Å². The van der Waals surface area contributed by atoms with Crippen LogP contribution >= 0.6 is 0 Å². The summed E-state index contributed by atoms with van der Waals surface area (Å²) in [6.07, 6.45) is 20.8. The number of carbonyl (C=O) groups excluding carboxylic acids is 1. The Morgan fingerprint density at radius 2 is 1.50 bits per heavy atom. The van der Waals surface area contributed by atoms with Crippen molar-refractivity contribution in [2.75, 3.05) is 19.7 Å². The molecular formula is C24H38N2O2. The minimum atomic E-state index is -0.554. The van der Waals surface area contributed by atoms with Crippen molar-refractivity contribution in [3.05, 3.63) is 49.2 Å². The van der Waals surface area contributed by atoms with Crippen molar-refractivity contribution in [2.24, 2.45) is 0 Å². The van der Waals surface area contributed by atoms with Gasteiger partial charge in [-0.2, -0.15) is 5.26 Å². The van der Waals surface area contributed by atoms with Crippen LogP contribution in [0.25, 0.3) is 0 Å². The Morgan fingerprint density at radius 1 is 0.964 bits per heavy atom. The molecule has 0 saturated carbocycles. The second-order valence-electron chi connectivity index (χ2n) is 6.88. The van der Waals surface area contributed by atoms with Gasteiger partial charge in [0.05, 0.1) is 6.61 Å². The fourth-order valence-corrected chi connectivity index (χ4v) is 2.77. The molecule has 0 radical (unpaired) electrons. The molecule has 0 bridgehead atoms. The summed E-state index contributed by atoms with van der Waals surface area (Å²) in [6, 6.07) is 1.91. The molecule has 156 valence electrons. The number of unbranched alkanes of at least 4 members (excludes halogenated alkanes) is 9. The molecule has 4 heteroatoms. The lowest BCUT2D eigenvalue weighted by Crippen LogP contribution is -2.16. The molecule has 0 amide bonds. The molecule has 0 atom stereocenters. The zero-order valence-electron chi connectivity index (χ0n) is 17.7. The van der Waals surface area contributed by atoms with Gasteiger partial charge >= 0.3 is 5.97 Å². The lowest BCUT2D eigenvalue weighted by atomic mass is 10.1. The monoisotopic (exact) mass is 386 g/mol. The summed E-state index contributed by atoms with van der Waals surface area (Å²) >= 11 is 0. The summed E-state index contributed by atoms with van der Waals surface area (Å²) in [5.41, 5.74) is 0.0143. The average molecular weight is 387 g/mol. The van der Waals surface area contributed by atoms with E-state index in [1.54, 1.807) is 24.4 Å². The number of hydrogen-bond acceptors (Lipinski definition) is 4. The molecule has 0 fully saturated rings. The maximum atomic E-state index is 12.0. The number of rotatable bonds is 18. The summed E-state index contributed by atoms with van der Waals surface area (Å²) < 4.78 is 5.21. The van der Waals surface area contributed by atoms with E-state index in [-0.39, 0.29) is 5.57 Å². The van der Waals surface area contributed by atoms with Crippen molar-refractivity contribution in [1.82, 2.24) is 4.90 Å². The van der Waals surface area contributed by atoms with Crippen LogP contribution in [0, 0.1) is 11.3 Å². The number of allylic oxidation sites excluding steroid dienone is 2. The Kier molecular flexibility index (Phi) is 17.9. The van der Waals surface area contributed by atoms with Crippen LogP contribution in [-0.2, 0) is 9.53 Å². The summed E-state index contributed by atoms with van der Waals surface area (Å²) in [4.78, 5) is 13.9. The van der Waals surface area contributed by atoms with E-state index in [0.29, 0.717) is 19.7 Å². The highest BCUT2D eigenvalue weighted by Crippen LogP contribution is 2.10. The van der Waals surface area contributed by atoms with Crippen molar-refractivity contribution in [2.45, 2.75) is 71.1 Å². The van der Waals surface area contributed by atoms with Crippen LogP contribution in [0.3, 0.4) is 0 Å². The van der Waals surface area contributed by atoms with Crippen molar-refractivity contribution >= 4 is 5.97 Å². The van der Waals surface area contributed by atoms with Gasteiger partial charge in [0.15, 0.2) is 0 Å². The molecule has 0 aromatic carbocycles. The van der Waals surface area contributed by atoms with Crippen molar-refractivity contribution in [3.8, 4) is 6.07 Å². The van der Waals surface area contributed by atoms with Gasteiger partial charge in [0.2, 0.25) is 0 Å². The van der Waals surface area contributed by atoms with Crippen molar-refractivity contribution in [3.63, 3.8) is 0 Å². The molecule has 0 aliphatic rings. The Bertz CT molecular complexity index is 519. The van der Waals surface area contributed by atoms with E-state index < -0.39 is 5.97 Å². The molecule has 4 nitrogen and oxygen atoms in total. The number of hydrogen-bond donors (Lipinski definition) is 0. The first-order chi connectivity index (χ1) is 13.7. The zero-order valence-corrected chi connectivity index (χ0v) is 17.7. The van der Waals surface area contributed by atoms with E-state index >= 15 is 0 Å². The zero-order chi connectivity index (χ0) is 20.9. The van der Waals surface area contributed by atoms with Gasteiger partial charge in [0.1, 0.15) is 11.6 Å². The average Bonchev–Trinajstić information content (AvgIpc) is 2.69. The summed E-state index contributed by atoms with van der Waals surface area (Å²) in [6.45, 7) is 11.3. The lowest BCUT2D eigenvalue weighted by molar-refractivity contribution is -0.138. The lowest BCUT2D eigenvalue weighted by Gasteiger charge is -2.15. The van der Waals surface area contributed by atoms with E-state index in [2.05, 4.69) is 20.1 Å². The van der Waals surface area contributed by atoms with Crippen molar-refractivity contribution in [1.29, 1.82) is 5.26 Å². The first-order valence-corrected chi connectivity index (χ1v) is 10.6. The molecule has 0 unspecified atom stereocenters. The van der Waals surface area contributed by atoms with Gasteiger partial charge in [-0.3, -0.25) is 0 Å². The fraction of sp³-hybridized carbons (Fsp3) is 0.583. The minimum Gasteiger partial charge on any atom is -0.462 e. The number of esters is 1. The number of carbonyl (C=O) groups is 1. The van der Waals surface area contributed by atoms with Gasteiger partial charge < -0.3 is 9.64 Å². The molecular weight excluding hydrogens is 348 g/mol. The molecule has 28 heavy (non-hydrogen) atoms. The van der Waals surface area contributed by atoms with Crippen LogP contribution in [0.1, 0.15) is 71.1 Å². The van der Waals surface area contributed by atoms with Gasteiger partial charge in [0.25, 0.3) is 0 Å². The SMILES string of the molecule is C=CCN(/C=C/C=C(/C#N)C(=O)OCCCCCCCCCCCC)CC=C. The Morgan fingerprint density at radius 3 is 2.00 bits per heavy atom. The van der Waals surface area contributed by atoms with E-state index in [9.17, 15) is 4.79 Å². The van der Waals surface area contributed by atoms with Crippen LogP contribution < -0.4 is 0 Å². The van der Waals surface area contributed by atoms with Gasteiger partial charge in [-0.05, 0) is 24.8 Å². The minimum absolute atomic E-state index is 0.0143. The van der Waals surface area contributed by atoms with Crippen LogP contribution in [-0.4, -0.2) is 30.6 Å². The normalized spacial score (nSPS) is 11.2. The van der Waals surface area contributed by atoms with Crippen LogP contribution in [0.2, 0.25) is 0 Å². The Labute approximate surface area is 172 Å². The van der Waals surface area contributed by atoms with E-state index in [1.807, 2.05) is 11.0 Å². The van der Waals surface area contributed by atoms with Gasteiger partial charge in [-0.15, -0.1) is 13.2 Å². The molecule has 0 aromatic heterocycles. The molecule has 0 rings (SSSR count). The number of ether oxygens (including phenoxy) is 1. The summed E-state index contributed by atoms with van der Waals surface area (Å²) in [5.74, 6) is -0.554. The third kappa shape index (κ3) is 14.8. The fourth-order valence-electron chi connectivity index (χ4n) is 2.77. The molecule has 0 spiro atoms. The van der Waals surface area contributed by atoms with Crippen molar-refractivity contribution < 1.29 is 9.53 Å². The molecule has 0 aromatic rings. The predicted molar refractivity (Wildman–Crippen MR) is 118 cm³/mol. The van der Waals surface area contributed by atoms with Gasteiger partial charge in [-0.25, -0.2) is 4.79 Å². The molecule has 0 aliphatic carbocycles. The first-order valence-electron chi connectivity index (χ1n) is 10.6. The van der Waals surface area contributed by atoms with E-state index in [0.717, 1.165) is 12.8 Å². The summed E-state index contributed by atoms with van der Waals surface area (Å²) in [5, 5.41) is 9.15. The molecule has 0 aliphatic heterocycles. The second-order valence-corrected chi connectivity index (χ2v) is 6.88. The Hall–Kier alpha value is -2.28. The quantitative estimate of drug-likeness (QED) is 0.0714. The smallest absolute Gasteiger partial charge is 0.348 e. The highest BCUT2D eigenvalue weighted by Gasteiger charge is 2.09. The highest BCUT2D eigenvalue weighted by molar-refractivity contribution is 5.93.